The largest absolute Gasteiger partial charge is 0.391 e. The van der Waals surface area contributed by atoms with Crippen LogP contribution in [0.25, 0.3) is 11.4 Å². The van der Waals surface area contributed by atoms with E-state index in [2.05, 4.69) is 20.4 Å². The Hall–Kier alpha value is -3.87. The van der Waals surface area contributed by atoms with Gasteiger partial charge in [-0.15, -0.1) is 5.10 Å². The van der Waals surface area contributed by atoms with Crippen LogP contribution in [0.1, 0.15) is 38.2 Å². The first-order valence-electron chi connectivity index (χ1n) is 13.3. The van der Waals surface area contributed by atoms with Crippen LogP contribution in [0.4, 0.5) is 35.3 Å². The highest BCUT2D eigenvalue weighted by molar-refractivity contribution is 8.15. The maximum atomic E-state index is 13.0. The number of halogens is 3. The topological polar surface area (TPSA) is 95.7 Å². The number of nitrogens with zero attached hydrogens (tertiary/aromatic N) is 6. The van der Waals surface area contributed by atoms with E-state index >= 15 is 0 Å². The minimum atomic E-state index is -4.17. The molecule has 216 valence electrons. The number of rotatable bonds is 5. The molecule has 41 heavy (non-hydrogen) atoms. The van der Waals surface area contributed by atoms with Gasteiger partial charge in [-0.25, -0.2) is 9.48 Å². The molecule has 0 atom stereocenters. The number of thioether (sulfide) groups is 1. The third kappa shape index (κ3) is 6.24. The normalized spacial score (nSPS) is 17.6. The lowest BCUT2D eigenvalue weighted by molar-refractivity contribution is -0.179. The Balaban J connectivity index is 1.26. The van der Waals surface area contributed by atoms with Gasteiger partial charge in [-0.1, -0.05) is 43.8 Å². The van der Waals surface area contributed by atoms with Crippen molar-refractivity contribution in [2.24, 2.45) is 18.0 Å². The summed E-state index contributed by atoms with van der Waals surface area (Å²) in [7, 11) is 1.71. The fourth-order valence-corrected chi connectivity index (χ4v) is 5.84. The second-order valence-corrected chi connectivity index (χ2v) is 11.2. The average molecular weight is 586 g/mol. The van der Waals surface area contributed by atoms with Crippen LogP contribution in [0.15, 0.2) is 53.5 Å². The molecule has 2 aliphatic rings. The molecule has 2 aliphatic heterocycles. The molecule has 3 heterocycles. The van der Waals surface area contributed by atoms with Crippen molar-refractivity contribution in [3.05, 3.63) is 54.1 Å². The molecule has 0 saturated carbocycles. The second-order valence-electron chi connectivity index (χ2n) is 10.3. The van der Waals surface area contributed by atoms with E-state index < -0.39 is 18.1 Å². The number of piperidine rings is 1. The van der Waals surface area contributed by atoms with Gasteiger partial charge in [0.1, 0.15) is 0 Å². The molecule has 2 aromatic carbocycles. The maximum Gasteiger partial charge on any atom is 0.391 e. The van der Waals surface area contributed by atoms with Crippen LogP contribution in [0.2, 0.25) is 0 Å². The lowest BCUT2D eigenvalue weighted by atomic mass is 9.96. The molecule has 3 amide bonds. The molecule has 3 aromatic rings. The number of anilines is 3. The summed E-state index contributed by atoms with van der Waals surface area (Å²) in [6.07, 6.45) is -4.12. The van der Waals surface area contributed by atoms with Gasteiger partial charge in [-0.3, -0.25) is 9.69 Å². The number of amides is 3. The Labute approximate surface area is 239 Å². The number of aromatic nitrogens is 3. The number of para-hydroxylation sites is 1. The summed E-state index contributed by atoms with van der Waals surface area (Å²) in [6.45, 7) is 4.60. The molecule has 9 nitrogen and oxygen atoms in total. The molecule has 0 unspecified atom stereocenters. The Kier molecular flexibility index (Phi) is 8.07. The van der Waals surface area contributed by atoms with Crippen molar-refractivity contribution in [1.82, 2.24) is 14.8 Å². The van der Waals surface area contributed by atoms with E-state index in [0.29, 0.717) is 28.2 Å². The maximum absolute atomic E-state index is 13.0. The minimum Gasteiger partial charge on any atom is -0.341 e. The van der Waals surface area contributed by atoms with E-state index in [-0.39, 0.29) is 43.5 Å². The van der Waals surface area contributed by atoms with Crippen molar-refractivity contribution in [2.75, 3.05) is 34.0 Å². The molecule has 1 aromatic heterocycles. The molecule has 1 N–H and O–H groups in total. The lowest BCUT2D eigenvalue weighted by Crippen LogP contribution is -2.40. The number of alkyl halides is 3. The molecule has 0 aliphatic carbocycles. The highest BCUT2D eigenvalue weighted by Gasteiger charge is 2.41. The highest BCUT2D eigenvalue weighted by Crippen LogP contribution is 2.36. The highest BCUT2D eigenvalue weighted by atomic mass is 32.2. The number of carbonyl (C=O) groups excluding carboxylic acids is 2. The number of aryl methyl sites for hydroxylation is 1. The summed E-state index contributed by atoms with van der Waals surface area (Å²) in [5.41, 5.74) is 2.90. The van der Waals surface area contributed by atoms with Crippen molar-refractivity contribution in [2.45, 2.75) is 38.8 Å². The standard InChI is InChI=1S/C28H30F3N7O2S/c1-17(2)21-6-4-5-7-22(21)38-23(39)16-41-27(38)34-25(40)32-20-10-8-18(9-11-20)24-33-26(36(3)35-24)37-14-12-19(13-15-37)28(29,30)31/h4-11,17,19H,12-16H2,1-3H3,(H,32,40). The number of aliphatic imine (C=N–C) groups is 1. The van der Waals surface area contributed by atoms with Crippen molar-refractivity contribution < 1.29 is 22.8 Å². The number of nitrogens with one attached hydrogen (secondary N) is 1. The zero-order chi connectivity index (χ0) is 29.3. The summed E-state index contributed by atoms with van der Waals surface area (Å²) in [5.74, 6) is -0.0894. The van der Waals surface area contributed by atoms with E-state index in [0.717, 1.165) is 11.3 Å². The zero-order valence-electron chi connectivity index (χ0n) is 22.9. The van der Waals surface area contributed by atoms with Crippen molar-refractivity contribution in [1.29, 1.82) is 0 Å². The van der Waals surface area contributed by atoms with Crippen LogP contribution in [0, 0.1) is 5.92 Å². The SMILES string of the molecule is CC(C)c1ccccc1N1C(=O)CSC1=NC(=O)Nc1ccc(-c2nc(N3CCC(C(F)(F)F)CC3)n(C)n2)cc1. The third-order valence-corrected chi connectivity index (χ3v) is 8.06. The Morgan fingerprint density at radius 2 is 1.78 bits per heavy atom. The molecule has 2 fully saturated rings. The van der Waals surface area contributed by atoms with Gasteiger partial charge < -0.3 is 10.2 Å². The first kappa shape index (κ1) is 28.7. The quantitative estimate of drug-likeness (QED) is 0.392. The van der Waals surface area contributed by atoms with Crippen molar-refractivity contribution in [3.8, 4) is 11.4 Å². The number of amidine groups is 1. The summed E-state index contributed by atoms with van der Waals surface area (Å²) < 4.78 is 40.7. The van der Waals surface area contributed by atoms with Crippen LogP contribution in [-0.4, -0.2) is 56.9 Å². The monoisotopic (exact) mass is 585 g/mol. The summed E-state index contributed by atoms with van der Waals surface area (Å²) >= 11 is 1.22. The third-order valence-electron chi connectivity index (χ3n) is 7.14. The number of carbonyl (C=O) groups is 2. The van der Waals surface area contributed by atoms with Crippen molar-refractivity contribution >= 4 is 46.2 Å². The number of hydrogen-bond donors (Lipinski definition) is 1. The van der Waals surface area contributed by atoms with Gasteiger partial charge in [0.25, 0.3) is 0 Å². The number of benzene rings is 2. The summed E-state index contributed by atoms with van der Waals surface area (Å²) in [6, 6.07) is 13.9. The summed E-state index contributed by atoms with van der Waals surface area (Å²) in [5, 5.41) is 7.49. The van der Waals surface area contributed by atoms with E-state index in [9.17, 15) is 22.8 Å². The molecule has 5 rings (SSSR count). The Morgan fingerprint density at radius 1 is 1.10 bits per heavy atom. The van der Waals surface area contributed by atoms with Gasteiger partial charge in [-0.05, 0) is 54.7 Å². The van der Waals surface area contributed by atoms with Gasteiger partial charge in [0, 0.05) is 31.4 Å². The first-order chi connectivity index (χ1) is 19.5. The van der Waals surface area contributed by atoms with E-state index in [1.165, 1.54) is 16.7 Å². The Morgan fingerprint density at radius 3 is 2.44 bits per heavy atom. The average Bonchev–Trinajstić information content (AvgIpc) is 3.50. The van der Waals surface area contributed by atoms with Crippen LogP contribution >= 0.6 is 11.8 Å². The van der Waals surface area contributed by atoms with Crippen molar-refractivity contribution in [3.63, 3.8) is 0 Å². The predicted molar refractivity (Wildman–Crippen MR) is 154 cm³/mol. The van der Waals surface area contributed by atoms with Gasteiger partial charge in [0.05, 0.1) is 17.4 Å². The molecule has 13 heteroatoms. The van der Waals surface area contributed by atoms with Gasteiger partial charge in [-0.2, -0.15) is 23.1 Å². The molecular weight excluding hydrogens is 555 g/mol. The fourth-order valence-electron chi connectivity index (χ4n) is 4.98. The van der Waals surface area contributed by atoms with Gasteiger partial charge in [0.15, 0.2) is 11.0 Å². The van der Waals surface area contributed by atoms with E-state index in [1.807, 2.05) is 43.0 Å². The van der Waals surface area contributed by atoms with Gasteiger partial charge in [0.2, 0.25) is 11.9 Å². The van der Waals surface area contributed by atoms with Gasteiger partial charge >= 0.3 is 12.2 Å². The summed E-state index contributed by atoms with van der Waals surface area (Å²) in [4.78, 5) is 37.5. The molecule has 0 spiro atoms. The van der Waals surface area contributed by atoms with E-state index in [1.54, 1.807) is 36.0 Å². The van der Waals surface area contributed by atoms with Crippen LogP contribution in [-0.2, 0) is 11.8 Å². The Bertz CT molecular complexity index is 1460. The number of urea groups is 1. The van der Waals surface area contributed by atoms with Crippen LogP contribution in [0.5, 0.6) is 0 Å². The van der Waals surface area contributed by atoms with E-state index in [4.69, 9.17) is 0 Å². The zero-order valence-corrected chi connectivity index (χ0v) is 23.7. The lowest BCUT2D eigenvalue weighted by Gasteiger charge is -2.33. The fraction of sp³-hybridized carbons (Fsp3) is 0.393. The molecule has 2 saturated heterocycles. The second kappa shape index (κ2) is 11.6. The smallest absolute Gasteiger partial charge is 0.341 e. The number of hydrogen-bond acceptors (Lipinski definition) is 6. The minimum absolute atomic E-state index is 0.0267. The molecule has 0 radical (unpaired) electrons. The molecule has 0 bridgehead atoms. The van der Waals surface area contributed by atoms with Crippen LogP contribution in [0.3, 0.4) is 0 Å². The van der Waals surface area contributed by atoms with Crippen LogP contribution < -0.4 is 15.1 Å². The first-order valence-corrected chi connectivity index (χ1v) is 14.3. The predicted octanol–water partition coefficient (Wildman–Crippen LogP) is 6.05. The molecular formula is C28H30F3N7O2S.